The maximum absolute atomic E-state index is 4.66. The molecule has 0 spiro atoms. The molecule has 2 aromatic rings. The topological polar surface area (TPSA) is 29.3 Å². The summed E-state index contributed by atoms with van der Waals surface area (Å²) in [5, 5.41) is 2.19. The van der Waals surface area contributed by atoms with Gasteiger partial charge in [0.1, 0.15) is 0 Å². The van der Waals surface area contributed by atoms with Crippen molar-refractivity contribution in [3.05, 3.63) is 52.3 Å². The van der Waals surface area contributed by atoms with Gasteiger partial charge in [0.05, 0.1) is 5.69 Å². The Morgan fingerprint density at radius 3 is 2.60 bits per heavy atom. The fourth-order valence-corrected chi connectivity index (χ4v) is 4.25. The Bertz CT molecular complexity index is 791. The third-order valence-electron chi connectivity index (χ3n) is 4.96. The summed E-state index contributed by atoms with van der Waals surface area (Å²) in [4.78, 5) is 5.69. The second-order valence-electron chi connectivity index (χ2n) is 7.76. The largest absolute Gasteiger partial charge is 0.296 e. The van der Waals surface area contributed by atoms with Crippen LogP contribution in [0.5, 0.6) is 0 Å². The Morgan fingerprint density at radius 2 is 2.00 bits per heavy atom. The zero-order chi connectivity index (χ0) is 17.9. The minimum Gasteiger partial charge on any atom is -0.296 e. The SMILES string of the molecule is CCN=c1scc(-c2ccccc2)n1NC1=CC[C@H](C(C)(C)C)CC1. The summed E-state index contributed by atoms with van der Waals surface area (Å²) in [5.74, 6) is 0.763. The number of allylic oxidation sites excluding steroid dienone is 2. The van der Waals surface area contributed by atoms with Crippen molar-refractivity contribution in [3.63, 3.8) is 0 Å². The summed E-state index contributed by atoms with van der Waals surface area (Å²) in [5.41, 5.74) is 7.74. The Labute approximate surface area is 155 Å². The first-order valence-electron chi connectivity index (χ1n) is 9.21. The molecule has 0 radical (unpaired) electrons. The molecular formula is C21H29N3S. The van der Waals surface area contributed by atoms with Gasteiger partial charge in [-0.1, -0.05) is 57.2 Å². The number of benzene rings is 1. The monoisotopic (exact) mass is 355 g/mol. The molecule has 1 aromatic heterocycles. The summed E-state index contributed by atoms with van der Waals surface area (Å²) >= 11 is 1.70. The first kappa shape index (κ1) is 18.0. The minimum atomic E-state index is 0.384. The van der Waals surface area contributed by atoms with Gasteiger partial charge in [-0.05, 0) is 37.5 Å². The summed E-state index contributed by atoms with van der Waals surface area (Å²) in [6, 6.07) is 10.5. The van der Waals surface area contributed by atoms with Gasteiger partial charge in [-0.15, -0.1) is 11.3 Å². The Kier molecular flexibility index (Phi) is 5.48. The quantitative estimate of drug-likeness (QED) is 0.780. The van der Waals surface area contributed by atoms with Crippen molar-refractivity contribution in [1.29, 1.82) is 0 Å². The molecule has 0 saturated heterocycles. The number of nitrogens with zero attached hydrogens (tertiary/aromatic N) is 2. The first-order valence-corrected chi connectivity index (χ1v) is 10.1. The van der Waals surface area contributed by atoms with E-state index in [0.29, 0.717) is 5.41 Å². The molecule has 134 valence electrons. The molecule has 1 N–H and O–H groups in total. The fourth-order valence-electron chi connectivity index (χ4n) is 3.34. The summed E-state index contributed by atoms with van der Waals surface area (Å²) in [6.07, 6.45) is 5.88. The predicted molar refractivity (Wildman–Crippen MR) is 108 cm³/mol. The van der Waals surface area contributed by atoms with Crippen LogP contribution in [0.2, 0.25) is 0 Å². The molecule has 0 aliphatic heterocycles. The summed E-state index contributed by atoms with van der Waals surface area (Å²) in [7, 11) is 0. The summed E-state index contributed by atoms with van der Waals surface area (Å²) in [6.45, 7) is 9.93. The Morgan fingerprint density at radius 1 is 1.24 bits per heavy atom. The van der Waals surface area contributed by atoms with Gasteiger partial charge in [-0.25, -0.2) is 4.68 Å². The van der Waals surface area contributed by atoms with Crippen molar-refractivity contribution < 1.29 is 0 Å². The molecule has 25 heavy (non-hydrogen) atoms. The third-order valence-corrected chi connectivity index (χ3v) is 5.83. The molecule has 0 unspecified atom stereocenters. The highest BCUT2D eigenvalue weighted by Crippen LogP contribution is 2.36. The van der Waals surface area contributed by atoms with Gasteiger partial charge in [-0.2, -0.15) is 0 Å². The molecular weight excluding hydrogens is 326 g/mol. The van der Waals surface area contributed by atoms with Crippen LogP contribution in [0.1, 0.15) is 47.0 Å². The van der Waals surface area contributed by atoms with E-state index in [4.69, 9.17) is 0 Å². The third kappa shape index (κ3) is 4.24. The van der Waals surface area contributed by atoms with E-state index in [1.807, 2.05) is 0 Å². The van der Waals surface area contributed by atoms with Crippen LogP contribution in [0.15, 0.2) is 52.5 Å². The zero-order valence-electron chi connectivity index (χ0n) is 15.7. The number of nitrogens with one attached hydrogen (secondary N) is 1. The second kappa shape index (κ2) is 7.61. The second-order valence-corrected chi connectivity index (χ2v) is 8.59. The van der Waals surface area contributed by atoms with Gasteiger partial charge in [0.25, 0.3) is 0 Å². The van der Waals surface area contributed by atoms with Gasteiger partial charge in [-0.3, -0.25) is 10.4 Å². The average molecular weight is 356 g/mol. The van der Waals surface area contributed by atoms with E-state index in [1.165, 1.54) is 23.4 Å². The van der Waals surface area contributed by atoms with E-state index >= 15 is 0 Å². The molecule has 1 aromatic carbocycles. The maximum Gasteiger partial charge on any atom is 0.204 e. The van der Waals surface area contributed by atoms with Crippen LogP contribution in [0.25, 0.3) is 11.3 Å². The molecule has 1 aliphatic carbocycles. The molecule has 3 rings (SSSR count). The first-order chi connectivity index (χ1) is 12.0. The molecule has 1 aliphatic rings. The number of hydrogen-bond acceptors (Lipinski definition) is 3. The molecule has 1 heterocycles. The lowest BCUT2D eigenvalue weighted by Gasteiger charge is -2.33. The van der Waals surface area contributed by atoms with Gasteiger partial charge in [0.15, 0.2) is 0 Å². The molecule has 1 atom stereocenters. The van der Waals surface area contributed by atoms with Gasteiger partial charge < -0.3 is 0 Å². The smallest absolute Gasteiger partial charge is 0.204 e. The van der Waals surface area contributed by atoms with E-state index < -0.39 is 0 Å². The number of aromatic nitrogens is 1. The number of rotatable bonds is 4. The lowest BCUT2D eigenvalue weighted by Crippen LogP contribution is -2.29. The zero-order valence-corrected chi connectivity index (χ0v) is 16.6. The van der Waals surface area contributed by atoms with E-state index in [0.717, 1.165) is 30.1 Å². The van der Waals surface area contributed by atoms with Gasteiger partial charge in [0.2, 0.25) is 4.80 Å². The maximum atomic E-state index is 4.66. The van der Waals surface area contributed by atoms with Crippen molar-refractivity contribution in [2.24, 2.45) is 16.3 Å². The van der Waals surface area contributed by atoms with E-state index in [2.05, 4.69) is 84.6 Å². The summed E-state index contributed by atoms with van der Waals surface area (Å²) < 4.78 is 2.16. The van der Waals surface area contributed by atoms with E-state index in [9.17, 15) is 0 Å². The van der Waals surface area contributed by atoms with Gasteiger partial charge >= 0.3 is 0 Å². The van der Waals surface area contributed by atoms with Crippen molar-refractivity contribution in [2.75, 3.05) is 12.0 Å². The van der Waals surface area contributed by atoms with Crippen LogP contribution in [-0.4, -0.2) is 11.2 Å². The molecule has 0 saturated carbocycles. The Hall–Kier alpha value is -1.81. The standard InChI is InChI=1S/C21H29N3S/c1-5-22-20-24(19(15-25-20)16-9-7-6-8-10-16)23-18-13-11-17(12-14-18)21(2,3)4/h6-10,13,15,17,23H,5,11-12,14H2,1-4H3/t17-/m0/s1. The highest BCUT2D eigenvalue weighted by atomic mass is 32.1. The lowest BCUT2D eigenvalue weighted by molar-refractivity contribution is 0.220. The van der Waals surface area contributed by atoms with Crippen LogP contribution in [0.3, 0.4) is 0 Å². The van der Waals surface area contributed by atoms with Crippen molar-refractivity contribution in [3.8, 4) is 11.3 Å². The Balaban J connectivity index is 1.89. The van der Waals surface area contributed by atoms with E-state index in [-0.39, 0.29) is 0 Å². The lowest BCUT2D eigenvalue weighted by atomic mass is 9.74. The average Bonchev–Trinajstić information content (AvgIpc) is 2.98. The molecule has 0 fully saturated rings. The van der Waals surface area contributed by atoms with Crippen LogP contribution in [-0.2, 0) is 0 Å². The fraction of sp³-hybridized carbons (Fsp3) is 0.476. The van der Waals surface area contributed by atoms with Crippen LogP contribution >= 0.6 is 11.3 Å². The molecule has 3 nitrogen and oxygen atoms in total. The molecule has 0 amide bonds. The molecule has 4 heteroatoms. The normalized spacial score (nSPS) is 19.0. The minimum absolute atomic E-state index is 0.384. The van der Waals surface area contributed by atoms with Crippen LogP contribution in [0, 0.1) is 11.3 Å². The van der Waals surface area contributed by atoms with Crippen molar-refractivity contribution in [2.45, 2.75) is 47.0 Å². The van der Waals surface area contributed by atoms with Crippen LogP contribution in [0.4, 0.5) is 0 Å². The predicted octanol–water partition coefficient (Wildman–Crippen LogP) is 5.41. The highest BCUT2D eigenvalue weighted by molar-refractivity contribution is 7.07. The van der Waals surface area contributed by atoms with Crippen LogP contribution < -0.4 is 10.2 Å². The number of thiazole rings is 1. The van der Waals surface area contributed by atoms with E-state index in [1.54, 1.807) is 11.3 Å². The highest BCUT2D eigenvalue weighted by Gasteiger charge is 2.26. The van der Waals surface area contributed by atoms with Crippen molar-refractivity contribution >= 4 is 11.3 Å². The van der Waals surface area contributed by atoms with Crippen molar-refractivity contribution in [1.82, 2.24) is 4.68 Å². The van der Waals surface area contributed by atoms with Gasteiger partial charge in [0, 0.05) is 23.2 Å². The molecule has 0 bridgehead atoms. The number of hydrogen-bond donors (Lipinski definition) is 1.